The Morgan fingerprint density at radius 2 is 2.05 bits per heavy atom. The van der Waals surface area contributed by atoms with Gasteiger partial charge in [-0.25, -0.2) is 0 Å². The average molecular weight is 293 g/mol. The number of thioether (sulfide) groups is 1. The Balaban J connectivity index is 4.17. The molecule has 6 heteroatoms. The van der Waals surface area contributed by atoms with Crippen molar-refractivity contribution in [2.45, 2.75) is 57.7 Å². The van der Waals surface area contributed by atoms with Crippen LogP contribution in [0.25, 0.3) is 0 Å². The molecule has 0 fully saturated rings. The van der Waals surface area contributed by atoms with Crippen LogP contribution < -0.4 is 5.32 Å². The number of carboxylic acid groups (broad SMARTS) is 1. The zero-order chi connectivity index (χ0) is 14.9. The SMILES string of the molecule is CCC(CCCSCC(O)CO)(NC(C)C)C(=O)O. The fraction of sp³-hybridized carbons (Fsp3) is 0.923. The summed E-state index contributed by atoms with van der Waals surface area (Å²) in [7, 11) is 0. The fourth-order valence-electron chi connectivity index (χ4n) is 1.97. The van der Waals surface area contributed by atoms with Crippen molar-refractivity contribution in [1.29, 1.82) is 0 Å². The molecule has 0 saturated heterocycles. The zero-order valence-corrected chi connectivity index (χ0v) is 12.9. The van der Waals surface area contributed by atoms with Crippen molar-refractivity contribution in [3.05, 3.63) is 0 Å². The molecule has 0 amide bonds. The third kappa shape index (κ3) is 7.15. The minimum atomic E-state index is -0.857. The minimum Gasteiger partial charge on any atom is -0.480 e. The van der Waals surface area contributed by atoms with E-state index in [9.17, 15) is 15.0 Å². The minimum absolute atomic E-state index is 0.125. The van der Waals surface area contributed by atoms with Crippen LogP contribution >= 0.6 is 11.8 Å². The summed E-state index contributed by atoms with van der Waals surface area (Å²) >= 11 is 1.54. The number of hydrogen-bond acceptors (Lipinski definition) is 5. The molecule has 2 atom stereocenters. The molecule has 0 heterocycles. The van der Waals surface area contributed by atoms with Gasteiger partial charge in [-0.15, -0.1) is 0 Å². The van der Waals surface area contributed by atoms with Crippen molar-refractivity contribution in [3.63, 3.8) is 0 Å². The van der Waals surface area contributed by atoms with Gasteiger partial charge in [0.2, 0.25) is 0 Å². The summed E-state index contributed by atoms with van der Waals surface area (Å²) in [4.78, 5) is 11.5. The van der Waals surface area contributed by atoms with Gasteiger partial charge in [0.15, 0.2) is 0 Å². The summed E-state index contributed by atoms with van der Waals surface area (Å²) in [5.41, 5.74) is -0.857. The Kier molecular flexibility index (Phi) is 9.43. The van der Waals surface area contributed by atoms with Crippen LogP contribution in [-0.4, -0.2) is 57.1 Å². The topological polar surface area (TPSA) is 89.8 Å². The predicted octanol–water partition coefficient (Wildman–Crippen LogP) is 1.08. The van der Waals surface area contributed by atoms with Gasteiger partial charge >= 0.3 is 5.97 Å². The molecule has 0 aromatic carbocycles. The number of carbonyl (C=O) groups is 1. The van der Waals surface area contributed by atoms with Crippen LogP contribution in [0.2, 0.25) is 0 Å². The number of aliphatic carboxylic acids is 1. The summed E-state index contributed by atoms with van der Waals surface area (Å²) in [6, 6.07) is 0.125. The first-order chi connectivity index (χ1) is 8.88. The summed E-state index contributed by atoms with van der Waals surface area (Å²) in [6.45, 7) is 5.54. The number of nitrogens with one attached hydrogen (secondary N) is 1. The van der Waals surface area contributed by atoms with Gasteiger partial charge in [0.05, 0.1) is 12.7 Å². The molecule has 0 aliphatic carbocycles. The van der Waals surface area contributed by atoms with E-state index in [1.807, 2.05) is 20.8 Å². The molecule has 0 aromatic heterocycles. The van der Waals surface area contributed by atoms with Gasteiger partial charge in [-0.2, -0.15) is 11.8 Å². The molecule has 0 bridgehead atoms. The lowest BCUT2D eigenvalue weighted by Crippen LogP contribution is -2.54. The summed E-state index contributed by atoms with van der Waals surface area (Å²) in [5, 5.41) is 30.4. The van der Waals surface area contributed by atoms with Crippen LogP contribution in [0.5, 0.6) is 0 Å². The van der Waals surface area contributed by atoms with Crippen LogP contribution in [0.1, 0.15) is 40.0 Å². The second-order valence-corrected chi connectivity index (χ2v) is 6.20. The maximum absolute atomic E-state index is 11.5. The molecule has 114 valence electrons. The number of hydrogen-bond donors (Lipinski definition) is 4. The lowest BCUT2D eigenvalue weighted by Gasteiger charge is -2.31. The Hall–Kier alpha value is -0.300. The summed E-state index contributed by atoms with van der Waals surface area (Å²) < 4.78 is 0. The van der Waals surface area contributed by atoms with E-state index in [4.69, 9.17) is 5.11 Å². The van der Waals surface area contributed by atoms with Crippen LogP contribution in [0.15, 0.2) is 0 Å². The second kappa shape index (κ2) is 9.58. The zero-order valence-electron chi connectivity index (χ0n) is 12.1. The van der Waals surface area contributed by atoms with Crippen molar-refractivity contribution in [3.8, 4) is 0 Å². The van der Waals surface area contributed by atoms with E-state index < -0.39 is 17.6 Å². The van der Waals surface area contributed by atoms with Gasteiger partial charge < -0.3 is 15.3 Å². The normalized spacial score (nSPS) is 16.3. The van der Waals surface area contributed by atoms with E-state index >= 15 is 0 Å². The highest BCUT2D eigenvalue weighted by Crippen LogP contribution is 2.21. The van der Waals surface area contributed by atoms with E-state index in [-0.39, 0.29) is 12.6 Å². The van der Waals surface area contributed by atoms with Crippen LogP contribution in [0.4, 0.5) is 0 Å². The standard InChI is InChI=1S/C13H27NO4S/c1-4-13(12(17)18,14-10(2)3)6-5-7-19-9-11(16)8-15/h10-11,14-16H,4-9H2,1-3H3,(H,17,18). The highest BCUT2D eigenvalue weighted by Gasteiger charge is 2.36. The molecule has 0 rings (SSSR count). The number of carboxylic acids is 1. The third-order valence-corrected chi connectivity index (χ3v) is 4.19. The highest BCUT2D eigenvalue weighted by atomic mass is 32.2. The molecule has 0 aliphatic rings. The third-order valence-electron chi connectivity index (χ3n) is 2.99. The quantitative estimate of drug-likeness (QED) is 0.426. The Labute approximate surface area is 119 Å². The monoisotopic (exact) mass is 293 g/mol. The van der Waals surface area contributed by atoms with Crippen molar-refractivity contribution in [2.75, 3.05) is 18.1 Å². The smallest absolute Gasteiger partial charge is 0.323 e. The van der Waals surface area contributed by atoms with Crippen LogP contribution in [-0.2, 0) is 4.79 Å². The van der Waals surface area contributed by atoms with Gasteiger partial charge in [0.25, 0.3) is 0 Å². The lowest BCUT2D eigenvalue weighted by molar-refractivity contribution is -0.145. The average Bonchev–Trinajstić information content (AvgIpc) is 2.35. The molecule has 0 radical (unpaired) electrons. The Bertz CT molecular complexity index is 263. The highest BCUT2D eigenvalue weighted by molar-refractivity contribution is 7.99. The Morgan fingerprint density at radius 3 is 2.47 bits per heavy atom. The molecule has 0 aromatic rings. The maximum Gasteiger partial charge on any atom is 0.323 e. The first kappa shape index (κ1) is 18.7. The van der Waals surface area contributed by atoms with Crippen LogP contribution in [0, 0.1) is 0 Å². The molecule has 4 N–H and O–H groups in total. The molecular formula is C13H27NO4S. The maximum atomic E-state index is 11.5. The largest absolute Gasteiger partial charge is 0.480 e. The number of aliphatic hydroxyl groups is 2. The molecule has 19 heavy (non-hydrogen) atoms. The van der Waals surface area contributed by atoms with Gasteiger partial charge in [0, 0.05) is 11.8 Å². The predicted molar refractivity (Wildman–Crippen MR) is 78.6 cm³/mol. The van der Waals surface area contributed by atoms with E-state index in [0.717, 1.165) is 12.2 Å². The van der Waals surface area contributed by atoms with Gasteiger partial charge in [-0.05, 0) is 38.9 Å². The summed E-state index contributed by atoms with van der Waals surface area (Å²) in [6.07, 6.45) is 1.20. The molecular weight excluding hydrogens is 266 g/mol. The van der Waals surface area contributed by atoms with E-state index in [0.29, 0.717) is 18.6 Å². The first-order valence-corrected chi connectivity index (χ1v) is 7.91. The van der Waals surface area contributed by atoms with Crippen molar-refractivity contribution >= 4 is 17.7 Å². The number of aliphatic hydroxyl groups excluding tert-OH is 2. The van der Waals surface area contributed by atoms with Crippen LogP contribution in [0.3, 0.4) is 0 Å². The summed E-state index contributed by atoms with van der Waals surface area (Å²) in [5.74, 6) is 0.468. The fourth-order valence-corrected chi connectivity index (χ4v) is 2.86. The van der Waals surface area contributed by atoms with Gasteiger partial charge in [0.1, 0.15) is 5.54 Å². The molecule has 5 nitrogen and oxygen atoms in total. The first-order valence-electron chi connectivity index (χ1n) is 6.75. The van der Waals surface area contributed by atoms with Crippen molar-refractivity contribution in [2.24, 2.45) is 0 Å². The van der Waals surface area contributed by atoms with Crippen molar-refractivity contribution in [1.82, 2.24) is 5.32 Å². The van der Waals surface area contributed by atoms with Gasteiger partial charge in [-0.1, -0.05) is 6.92 Å². The lowest BCUT2D eigenvalue weighted by atomic mass is 9.90. The molecule has 0 saturated carbocycles. The number of rotatable bonds is 11. The van der Waals surface area contributed by atoms with E-state index in [1.54, 1.807) is 0 Å². The van der Waals surface area contributed by atoms with E-state index in [2.05, 4.69) is 5.32 Å². The van der Waals surface area contributed by atoms with Gasteiger partial charge in [-0.3, -0.25) is 10.1 Å². The molecule has 0 aliphatic heterocycles. The Morgan fingerprint density at radius 1 is 1.42 bits per heavy atom. The second-order valence-electron chi connectivity index (χ2n) is 5.05. The van der Waals surface area contributed by atoms with Crippen molar-refractivity contribution < 1.29 is 20.1 Å². The molecule has 0 spiro atoms. The molecule has 2 unspecified atom stereocenters. The van der Waals surface area contributed by atoms with E-state index in [1.165, 1.54) is 11.8 Å².